The van der Waals surface area contributed by atoms with Crippen LogP contribution in [0, 0.1) is 11.6 Å². The molecule has 1 amide bonds. The van der Waals surface area contributed by atoms with Crippen LogP contribution in [0.5, 0.6) is 0 Å². The van der Waals surface area contributed by atoms with Gasteiger partial charge in [0.25, 0.3) is 0 Å². The van der Waals surface area contributed by atoms with Crippen molar-refractivity contribution in [2.45, 2.75) is 37.2 Å². The maximum atomic E-state index is 13.6. The standard InChI is InChI=1S/C17H21F2NO3/c18-13-7-12(8-14(19)9-13)17(3-1-2-4-17)16(21)20-10-15-11-22-5-6-23-15/h7-9,15H,1-6,10-11H2,(H,20,21). The van der Waals surface area contributed by atoms with E-state index in [0.717, 1.165) is 18.9 Å². The van der Waals surface area contributed by atoms with Gasteiger partial charge in [-0.2, -0.15) is 0 Å². The predicted molar refractivity (Wildman–Crippen MR) is 80.1 cm³/mol. The van der Waals surface area contributed by atoms with Crippen LogP contribution in [-0.4, -0.2) is 38.4 Å². The average molecular weight is 325 g/mol. The number of hydrogen-bond acceptors (Lipinski definition) is 3. The fraction of sp³-hybridized carbons (Fsp3) is 0.588. The molecule has 1 N–H and O–H groups in total. The Morgan fingerprint density at radius 3 is 2.48 bits per heavy atom. The number of halogens is 2. The molecule has 1 saturated carbocycles. The summed E-state index contributed by atoms with van der Waals surface area (Å²) in [7, 11) is 0. The molecule has 3 rings (SSSR count). The molecule has 2 aliphatic rings. The highest BCUT2D eigenvalue weighted by Crippen LogP contribution is 2.41. The van der Waals surface area contributed by atoms with E-state index in [4.69, 9.17) is 9.47 Å². The fourth-order valence-electron chi connectivity index (χ4n) is 3.49. The van der Waals surface area contributed by atoms with Crippen molar-refractivity contribution in [3.8, 4) is 0 Å². The van der Waals surface area contributed by atoms with Gasteiger partial charge in [0.2, 0.25) is 5.91 Å². The van der Waals surface area contributed by atoms with E-state index in [1.807, 2.05) is 0 Å². The highest BCUT2D eigenvalue weighted by atomic mass is 19.1. The number of nitrogens with one attached hydrogen (secondary N) is 1. The van der Waals surface area contributed by atoms with Crippen LogP contribution in [0.15, 0.2) is 18.2 Å². The maximum Gasteiger partial charge on any atom is 0.230 e. The van der Waals surface area contributed by atoms with Crippen molar-refractivity contribution in [3.63, 3.8) is 0 Å². The molecule has 1 heterocycles. The normalized spacial score (nSPS) is 23.7. The topological polar surface area (TPSA) is 47.6 Å². The van der Waals surface area contributed by atoms with Gasteiger partial charge in [-0.1, -0.05) is 12.8 Å². The van der Waals surface area contributed by atoms with E-state index in [2.05, 4.69) is 5.32 Å². The fourth-order valence-corrected chi connectivity index (χ4v) is 3.49. The Hall–Kier alpha value is -1.53. The minimum absolute atomic E-state index is 0.171. The molecule has 23 heavy (non-hydrogen) atoms. The molecule has 1 saturated heterocycles. The molecule has 0 aromatic heterocycles. The molecule has 0 spiro atoms. The van der Waals surface area contributed by atoms with Gasteiger partial charge in [0, 0.05) is 12.6 Å². The number of rotatable bonds is 4. The van der Waals surface area contributed by atoms with E-state index >= 15 is 0 Å². The van der Waals surface area contributed by atoms with Crippen LogP contribution in [0.25, 0.3) is 0 Å². The van der Waals surface area contributed by atoms with Crippen molar-refractivity contribution in [3.05, 3.63) is 35.4 Å². The van der Waals surface area contributed by atoms with Crippen LogP contribution in [0.3, 0.4) is 0 Å². The maximum absolute atomic E-state index is 13.6. The van der Waals surface area contributed by atoms with Crippen LogP contribution in [-0.2, 0) is 19.7 Å². The third-order valence-electron chi connectivity index (χ3n) is 4.68. The van der Waals surface area contributed by atoms with Crippen LogP contribution in [0.2, 0.25) is 0 Å². The molecule has 1 aromatic rings. The van der Waals surface area contributed by atoms with Gasteiger partial charge in [0.1, 0.15) is 11.6 Å². The first kappa shape index (κ1) is 16.3. The molecular formula is C17H21F2NO3. The van der Waals surface area contributed by atoms with Gasteiger partial charge < -0.3 is 14.8 Å². The summed E-state index contributed by atoms with van der Waals surface area (Å²) in [5, 5.41) is 2.88. The van der Waals surface area contributed by atoms with E-state index in [-0.39, 0.29) is 12.0 Å². The zero-order valence-corrected chi connectivity index (χ0v) is 12.9. The smallest absolute Gasteiger partial charge is 0.230 e. The number of amides is 1. The lowest BCUT2D eigenvalue weighted by Crippen LogP contribution is -2.47. The summed E-state index contributed by atoms with van der Waals surface area (Å²) in [4.78, 5) is 12.8. The number of hydrogen-bond donors (Lipinski definition) is 1. The van der Waals surface area contributed by atoms with Crippen molar-refractivity contribution in [1.29, 1.82) is 0 Å². The lowest BCUT2D eigenvalue weighted by molar-refractivity contribution is -0.129. The summed E-state index contributed by atoms with van der Waals surface area (Å²) in [6.07, 6.45) is 2.77. The summed E-state index contributed by atoms with van der Waals surface area (Å²) >= 11 is 0. The van der Waals surface area contributed by atoms with Crippen molar-refractivity contribution in [1.82, 2.24) is 5.32 Å². The predicted octanol–water partition coefficient (Wildman–Crippen LogP) is 2.31. The molecule has 1 atom stereocenters. The second kappa shape index (κ2) is 6.93. The molecule has 1 unspecified atom stereocenters. The third-order valence-corrected chi connectivity index (χ3v) is 4.68. The van der Waals surface area contributed by atoms with Crippen molar-refractivity contribution >= 4 is 5.91 Å². The zero-order valence-electron chi connectivity index (χ0n) is 12.9. The van der Waals surface area contributed by atoms with Gasteiger partial charge in [-0.15, -0.1) is 0 Å². The molecule has 2 fully saturated rings. The van der Waals surface area contributed by atoms with Gasteiger partial charge in [0.05, 0.1) is 31.3 Å². The second-order valence-electron chi connectivity index (χ2n) is 6.23. The Kier molecular flexibility index (Phi) is 4.92. The van der Waals surface area contributed by atoms with Gasteiger partial charge >= 0.3 is 0 Å². The van der Waals surface area contributed by atoms with Crippen LogP contribution < -0.4 is 5.32 Å². The lowest BCUT2D eigenvalue weighted by Gasteiger charge is -2.30. The summed E-state index contributed by atoms with van der Waals surface area (Å²) in [6, 6.07) is 3.37. The van der Waals surface area contributed by atoms with E-state index in [0.29, 0.717) is 44.8 Å². The average Bonchev–Trinajstić information content (AvgIpc) is 3.04. The third kappa shape index (κ3) is 3.53. The summed E-state index contributed by atoms with van der Waals surface area (Å²) in [6.45, 7) is 1.87. The molecule has 0 radical (unpaired) electrons. The van der Waals surface area contributed by atoms with Crippen LogP contribution in [0.4, 0.5) is 8.78 Å². The summed E-state index contributed by atoms with van der Waals surface area (Å²) in [5.74, 6) is -1.49. The van der Waals surface area contributed by atoms with Gasteiger partial charge in [-0.25, -0.2) is 8.78 Å². The van der Waals surface area contributed by atoms with Gasteiger partial charge in [0.15, 0.2) is 0 Å². The number of carbonyl (C=O) groups excluding carboxylic acids is 1. The van der Waals surface area contributed by atoms with E-state index in [1.165, 1.54) is 12.1 Å². The van der Waals surface area contributed by atoms with E-state index in [1.54, 1.807) is 0 Å². The molecule has 126 valence electrons. The Bertz CT molecular complexity index is 547. The molecule has 1 aliphatic carbocycles. The molecule has 1 aliphatic heterocycles. The minimum atomic E-state index is -0.849. The van der Waals surface area contributed by atoms with Crippen molar-refractivity contribution in [2.75, 3.05) is 26.4 Å². The Balaban J connectivity index is 1.75. The highest BCUT2D eigenvalue weighted by molar-refractivity contribution is 5.88. The first-order valence-electron chi connectivity index (χ1n) is 8.04. The Morgan fingerprint density at radius 2 is 1.87 bits per heavy atom. The molecule has 6 heteroatoms. The minimum Gasteiger partial charge on any atom is -0.376 e. The van der Waals surface area contributed by atoms with Crippen LogP contribution >= 0.6 is 0 Å². The molecule has 0 bridgehead atoms. The zero-order chi connectivity index (χ0) is 16.3. The second-order valence-corrected chi connectivity index (χ2v) is 6.23. The molecule has 1 aromatic carbocycles. The lowest BCUT2D eigenvalue weighted by atomic mass is 9.78. The molecule has 4 nitrogen and oxygen atoms in total. The number of carbonyl (C=O) groups is 1. The SMILES string of the molecule is O=C(NCC1COCCO1)C1(c2cc(F)cc(F)c2)CCCC1. The van der Waals surface area contributed by atoms with Crippen molar-refractivity contribution < 1.29 is 23.0 Å². The van der Waals surface area contributed by atoms with E-state index in [9.17, 15) is 13.6 Å². The summed E-state index contributed by atoms with van der Waals surface area (Å²) < 4.78 is 38.0. The van der Waals surface area contributed by atoms with Crippen LogP contribution in [0.1, 0.15) is 31.2 Å². The highest BCUT2D eigenvalue weighted by Gasteiger charge is 2.43. The number of ether oxygens (including phenoxy) is 2. The van der Waals surface area contributed by atoms with Gasteiger partial charge in [-0.3, -0.25) is 4.79 Å². The van der Waals surface area contributed by atoms with Crippen molar-refractivity contribution in [2.24, 2.45) is 0 Å². The Labute approximate surface area is 134 Å². The molecular weight excluding hydrogens is 304 g/mol. The first-order chi connectivity index (χ1) is 11.1. The number of benzene rings is 1. The monoisotopic (exact) mass is 325 g/mol. The Morgan fingerprint density at radius 1 is 1.17 bits per heavy atom. The quantitative estimate of drug-likeness (QED) is 0.924. The first-order valence-corrected chi connectivity index (χ1v) is 8.04. The van der Waals surface area contributed by atoms with Gasteiger partial charge in [-0.05, 0) is 30.5 Å². The van der Waals surface area contributed by atoms with E-state index < -0.39 is 17.0 Å². The largest absolute Gasteiger partial charge is 0.376 e. The summed E-state index contributed by atoms with van der Waals surface area (Å²) in [5.41, 5.74) is -0.427.